The molecule has 1 heterocycles. The molecule has 92 valence electrons. The molecule has 1 aromatic rings. The molecule has 0 spiro atoms. The van der Waals surface area contributed by atoms with Crippen LogP contribution in [0.1, 0.15) is 10.4 Å². The summed E-state index contributed by atoms with van der Waals surface area (Å²) in [6.07, 6.45) is -4.88. The minimum absolute atomic E-state index is 0.130. The molecule has 0 saturated carbocycles. The van der Waals surface area contributed by atoms with E-state index in [0.717, 1.165) is 6.07 Å². The smallest absolute Gasteiger partial charge is 0.366 e. The van der Waals surface area contributed by atoms with Crippen molar-refractivity contribution in [2.45, 2.75) is 6.36 Å². The second-order valence-electron chi connectivity index (χ2n) is 2.61. The Morgan fingerprint density at radius 3 is 2.53 bits per heavy atom. The number of rotatable bonds is 3. The molecule has 10 heteroatoms. The zero-order valence-corrected chi connectivity index (χ0v) is 9.85. The fourth-order valence-electron chi connectivity index (χ4n) is 0.891. The van der Waals surface area contributed by atoms with Gasteiger partial charge in [-0.3, -0.25) is 4.79 Å². The summed E-state index contributed by atoms with van der Waals surface area (Å²) in [5.74, 6) is -1.95. The first kappa shape index (κ1) is 13.6. The standard InChI is InChI=1S/C7H2F3IN2O4/c8-7(9,10)17-6-4(11)1-3(2-14)5(12-6)13(15)16/h1-2H. The second kappa shape index (κ2) is 4.81. The number of pyridine rings is 1. The predicted octanol–water partition coefficient (Wildman–Crippen LogP) is 2.31. The fourth-order valence-corrected chi connectivity index (χ4v) is 1.46. The third-order valence-corrected chi connectivity index (χ3v) is 2.24. The monoisotopic (exact) mass is 362 g/mol. The molecule has 0 radical (unpaired) electrons. The Labute approximate surface area is 105 Å². The average molecular weight is 362 g/mol. The lowest BCUT2D eigenvalue weighted by atomic mass is 10.3. The highest BCUT2D eigenvalue weighted by Gasteiger charge is 2.36. The molecule has 0 aliphatic rings. The Hall–Kier alpha value is -1.46. The lowest BCUT2D eigenvalue weighted by Crippen LogP contribution is -2.19. The summed E-state index contributed by atoms with van der Waals surface area (Å²) in [5.41, 5.74) is -0.422. The zero-order chi connectivity index (χ0) is 13.2. The Morgan fingerprint density at radius 2 is 2.12 bits per heavy atom. The fraction of sp³-hybridized carbons (Fsp3) is 0.143. The van der Waals surface area contributed by atoms with Gasteiger partial charge in [0.1, 0.15) is 9.13 Å². The molecule has 0 unspecified atom stereocenters. The number of carbonyl (C=O) groups is 1. The molecule has 0 aromatic carbocycles. The first-order valence-corrected chi connectivity index (χ1v) is 4.88. The number of hydrogen-bond donors (Lipinski definition) is 0. The Kier molecular flexibility index (Phi) is 3.85. The summed E-state index contributed by atoms with van der Waals surface area (Å²) in [5, 5.41) is 10.5. The number of nitro groups is 1. The van der Waals surface area contributed by atoms with Gasteiger partial charge in [-0.05, 0) is 33.6 Å². The normalized spacial score (nSPS) is 11.1. The van der Waals surface area contributed by atoms with Crippen molar-refractivity contribution in [3.05, 3.63) is 25.3 Å². The highest BCUT2D eigenvalue weighted by atomic mass is 127. The number of ether oxygens (including phenoxy) is 1. The Balaban J connectivity index is 3.29. The van der Waals surface area contributed by atoms with Crippen LogP contribution in [-0.2, 0) is 0 Å². The van der Waals surface area contributed by atoms with Gasteiger partial charge < -0.3 is 14.9 Å². The maximum absolute atomic E-state index is 11.9. The molecule has 0 saturated heterocycles. The van der Waals surface area contributed by atoms with Crippen molar-refractivity contribution in [2.24, 2.45) is 0 Å². The lowest BCUT2D eigenvalue weighted by molar-refractivity contribution is -0.390. The summed E-state index contributed by atoms with van der Waals surface area (Å²) in [6, 6.07) is 0.889. The van der Waals surface area contributed by atoms with Crippen LogP contribution in [0.3, 0.4) is 0 Å². The third kappa shape index (κ3) is 3.51. The molecule has 0 fully saturated rings. The van der Waals surface area contributed by atoms with Crippen LogP contribution in [-0.4, -0.2) is 22.6 Å². The van der Waals surface area contributed by atoms with Crippen molar-refractivity contribution in [3.8, 4) is 5.88 Å². The molecule has 6 nitrogen and oxygen atoms in total. The van der Waals surface area contributed by atoms with Gasteiger partial charge in [0.05, 0.1) is 0 Å². The molecule has 1 aromatic heterocycles. The first-order valence-electron chi connectivity index (χ1n) is 3.80. The molecular weight excluding hydrogens is 360 g/mol. The number of hydrogen-bond acceptors (Lipinski definition) is 5. The van der Waals surface area contributed by atoms with Crippen LogP contribution in [0.15, 0.2) is 6.07 Å². The number of aromatic nitrogens is 1. The van der Waals surface area contributed by atoms with Crippen molar-refractivity contribution >= 4 is 34.7 Å². The average Bonchev–Trinajstić information content (AvgIpc) is 2.18. The summed E-state index contributed by atoms with van der Waals surface area (Å²) >= 11 is 1.42. The van der Waals surface area contributed by atoms with Gasteiger partial charge >= 0.3 is 18.1 Å². The van der Waals surface area contributed by atoms with E-state index >= 15 is 0 Å². The van der Waals surface area contributed by atoms with Gasteiger partial charge in [0.25, 0.3) is 0 Å². The van der Waals surface area contributed by atoms with Crippen LogP contribution in [0, 0.1) is 13.7 Å². The van der Waals surface area contributed by atoms with Gasteiger partial charge in [0.15, 0.2) is 6.29 Å². The van der Waals surface area contributed by atoms with E-state index in [0.29, 0.717) is 0 Å². The van der Waals surface area contributed by atoms with E-state index in [1.807, 2.05) is 0 Å². The molecular formula is C7H2F3IN2O4. The molecule has 0 amide bonds. The Morgan fingerprint density at radius 1 is 1.53 bits per heavy atom. The molecule has 0 bridgehead atoms. The minimum atomic E-state index is -5.01. The lowest BCUT2D eigenvalue weighted by Gasteiger charge is -2.06. The number of aldehydes is 1. The van der Waals surface area contributed by atoms with Gasteiger partial charge in [0.2, 0.25) is 0 Å². The maximum Gasteiger partial charge on any atom is 0.575 e. The van der Waals surface area contributed by atoms with Crippen molar-refractivity contribution in [3.63, 3.8) is 0 Å². The topological polar surface area (TPSA) is 82.3 Å². The highest BCUT2D eigenvalue weighted by Crippen LogP contribution is 2.29. The number of nitrogens with zero attached hydrogens (tertiary/aromatic N) is 2. The summed E-state index contributed by atoms with van der Waals surface area (Å²) < 4.78 is 39.1. The summed E-state index contributed by atoms with van der Waals surface area (Å²) in [4.78, 5) is 22.9. The number of alkyl halides is 3. The molecule has 17 heavy (non-hydrogen) atoms. The summed E-state index contributed by atoms with van der Waals surface area (Å²) in [7, 11) is 0. The van der Waals surface area contributed by atoms with Crippen LogP contribution in [0.5, 0.6) is 5.88 Å². The molecule has 0 atom stereocenters. The number of halogens is 4. The predicted molar refractivity (Wildman–Crippen MR) is 55.7 cm³/mol. The summed E-state index contributed by atoms with van der Waals surface area (Å²) in [6.45, 7) is 0. The van der Waals surface area contributed by atoms with Crippen LogP contribution < -0.4 is 4.74 Å². The minimum Gasteiger partial charge on any atom is -0.366 e. The molecule has 0 N–H and O–H groups in total. The van der Waals surface area contributed by atoms with Gasteiger partial charge in [-0.25, -0.2) is 0 Å². The maximum atomic E-state index is 11.9. The van der Waals surface area contributed by atoms with E-state index < -0.39 is 28.5 Å². The van der Waals surface area contributed by atoms with Crippen molar-refractivity contribution in [2.75, 3.05) is 0 Å². The van der Waals surface area contributed by atoms with E-state index in [-0.39, 0.29) is 9.86 Å². The quantitative estimate of drug-likeness (QED) is 0.357. The third-order valence-electron chi connectivity index (χ3n) is 1.46. The second-order valence-corrected chi connectivity index (χ2v) is 3.77. The van der Waals surface area contributed by atoms with E-state index in [4.69, 9.17) is 0 Å². The highest BCUT2D eigenvalue weighted by molar-refractivity contribution is 14.1. The van der Waals surface area contributed by atoms with E-state index in [2.05, 4.69) is 9.72 Å². The van der Waals surface area contributed by atoms with Gasteiger partial charge in [-0.15, -0.1) is 13.2 Å². The largest absolute Gasteiger partial charge is 0.575 e. The van der Waals surface area contributed by atoms with E-state index in [1.54, 1.807) is 0 Å². The van der Waals surface area contributed by atoms with Gasteiger partial charge in [0, 0.05) is 4.98 Å². The SMILES string of the molecule is O=Cc1cc(I)c(OC(F)(F)F)nc1[N+](=O)[O-]. The van der Waals surface area contributed by atoms with E-state index in [1.165, 1.54) is 22.6 Å². The van der Waals surface area contributed by atoms with Crippen LogP contribution in [0.4, 0.5) is 19.0 Å². The van der Waals surface area contributed by atoms with Crippen molar-refractivity contribution in [1.29, 1.82) is 0 Å². The van der Waals surface area contributed by atoms with Crippen LogP contribution >= 0.6 is 22.6 Å². The number of carbonyl (C=O) groups excluding carboxylic acids is 1. The zero-order valence-electron chi connectivity index (χ0n) is 7.69. The molecule has 1 rings (SSSR count). The first-order chi connectivity index (χ1) is 7.74. The van der Waals surface area contributed by atoms with Gasteiger partial charge in [-0.1, -0.05) is 0 Å². The van der Waals surface area contributed by atoms with Crippen LogP contribution in [0.2, 0.25) is 0 Å². The molecule has 0 aliphatic heterocycles. The Bertz CT molecular complexity index is 477. The van der Waals surface area contributed by atoms with Crippen LogP contribution in [0.25, 0.3) is 0 Å². The molecule has 0 aliphatic carbocycles. The van der Waals surface area contributed by atoms with Gasteiger partial charge in [-0.2, -0.15) is 0 Å². The van der Waals surface area contributed by atoms with Crippen molar-refractivity contribution in [1.82, 2.24) is 4.98 Å². The van der Waals surface area contributed by atoms with Crippen molar-refractivity contribution < 1.29 is 27.6 Å². The van der Waals surface area contributed by atoms with E-state index in [9.17, 15) is 28.1 Å².